The summed E-state index contributed by atoms with van der Waals surface area (Å²) in [4.78, 5) is 13.4. The average molecular weight is 243 g/mol. The van der Waals surface area contributed by atoms with E-state index in [0.717, 1.165) is 0 Å². The zero-order valence-electron chi connectivity index (χ0n) is 11.7. The van der Waals surface area contributed by atoms with Gasteiger partial charge in [0, 0.05) is 18.0 Å². The number of ether oxygens (including phenoxy) is 1. The molecule has 0 saturated heterocycles. The van der Waals surface area contributed by atoms with E-state index in [2.05, 4.69) is 0 Å². The average Bonchev–Trinajstić information content (AvgIpc) is 2.15. The number of hydrogen-bond donors (Lipinski definition) is 1. The fraction of sp³-hybridized carbons (Fsp3) is 0.769. The molecule has 0 fully saturated rings. The monoisotopic (exact) mass is 243 g/mol. The second-order valence-electron chi connectivity index (χ2n) is 4.91. The normalized spacial score (nSPS) is 15.4. The number of aliphatic hydroxyl groups is 1. The van der Waals surface area contributed by atoms with Gasteiger partial charge in [0.05, 0.1) is 12.4 Å². The standard InChI is InChI=1S/C13H25NO3/c1-9(2)14(10(3)4)13(16)17-8-7-11(5)12(6)15/h7-12,15H,1-6H3/b8-7-/t11-,12+/m1/s1. The van der Waals surface area contributed by atoms with Crippen LogP contribution in [-0.4, -0.2) is 34.3 Å². The number of hydrogen-bond acceptors (Lipinski definition) is 3. The Bertz CT molecular complexity index is 251. The largest absolute Gasteiger partial charge is 0.418 e. The van der Waals surface area contributed by atoms with Crippen molar-refractivity contribution in [2.45, 2.75) is 59.7 Å². The molecular weight excluding hydrogens is 218 g/mol. The molecule has 0 bridgehead atoms. The smallest absolute Gasteiger partial charge is 0.415 e. The van der Waals surface area contributed by atoms with Crippen LogP contribution in [0.2, 0.25) is 0 Å². The van der Waals surface area contributed by atoms with Crippen LogP contribution in [0.1, 0.15) is 41.5 Å². The van der Waals surface area contributed by atoms with Gasteiger partial charge >= 0.3 is 6.09 Å². The highest BCUT2D eigenvalue weighted by Crippen LogP contribution is 2.09. The van der Waals surface area contributed by atoms with E-state index in [1.54, 1.807) is 17.9 Å². The van der Waals surface area contributed by atoms with Crippen LogP contribution in [0.3, 0.4) is 0 Å². The van der Waals surface area contributed by atoms with Crippen molar-refractivity contribution in [2.75, 3.05) is 0 Å². The molecule has 0 radical (unpaired) electrons. The molecule has 0 aliphatic rings. The SMILES string of the molecule is CC(C)N(C(=O)O/C=C\[C@@H](C)[C@H](C)O)C(C)C. The molecule has 4 heteroatoms. The molecule has 4 nitrogen and oxygen atoms in total. The Morgan fingerprint density at radius 1 is 1.12 bits per heavy atom. The van der Waals surface area contributed by atoms with Gasteiger partial charge < -0.3 is 14.7 Å². The molecule has 0 aliphatic carbocycles. The second-order valence-corrected chi connectivity index (χ2v) is 4.91. The number of carbonyl (C=O) groups excluding carboxylic acids is 1. The summed E-state index contributed by atoms with van der Waals surface area (Å²) < 4.78 is 5.04. The molecule has 0 aromatic carbocycles. The topological polar surface area (TPSA) is 49.8 Å². The maximum atomic E-state index is 11.8. The van der Waals surface area contributed by atoms with E-state index in [1.807, 2.05) is 34.6 Å². The lowest BCUT2D eigenvalue weighted by Gasteiger charge is -2.28. The number of carbonyl (C=O) groups is 1. The molecule has 0 rings (SSSR count). The third kappa shape index (κ3) is 5.73. The highest BCUT2D eigenvalue weighted by atomic mass is 16.5. The van der Waals surface area contributed by atoms with Crippen LogP contribution < -0.4 is 0 Å². The summed E-state index contributed by atoms with van der Waals surface area (Å²) in [6, 6.07) is 0.204. The minimum atomic E-state index is -0.448. The lowest BCUT2D eigenvalue weighted by atomic mass is 10.1. The van der Waals surface area contributed by atoms with Crippen molar-refractivity contribution in [3.05, 3.63) is 12.3 Å². The van der Waals surface area contributed by atoms with E-state index >= 15 is 0 Å². The lowest BCUT2D eigenvalue weighted by molar-refractivity contribution is 0.107. The molecule has 0 aromatic rings. The van der Waals surface area contributed by atoms with Gasteiger partial charge in [-0.3, -0.25) is 0 Å². The van der Waals surface area contributed by atoms with Gasteiger partial charge in [0.15, 0.2) is 0 Å². The zero-order valence-corrected chi connectivity index (χ0v) is 11.7. The van der Waals surface area contributed by atoms with E-state index in [0.29, 0.717) is 0 Å². The first-order valence-electron chi connectivity index (χ1n) is 6.11. The number of aliphatic hydroxyl groups excluding tert-OH is 1. The van der Waals surface area contributed by atoms with Crippen LogP contribution >= 0.6 is 0 Å². The van der Waals surface area contributed by atoms with Gasteiger partial charge in [-0.05, 0) is 40.7 Å². The molecule has 17 heavy (non-hydrogen) atoms. The molecule has 1 amide bonds. The van der Waals surface area contributed by atoms with Gasteiger partial charge in [-0.25, -0.2) is 4.79 Å². The van der Waals surface area contributed by atoms with Crippen LogP contribution in [0.15, 0.2) is 12.3 Å². The van der Waals surface area contributed by atoms with E-state index < -0.39 is 6.10 Å². The van der Waals surface area contributed by atoms with Crippen molar-refractivity contribution >= 4 is 6.09 Å². The van der Waals surface area contributed by atoms with E-state index in [1.165, 1.54) is 6.26 Å². The van der Waals surface area contributed by atoms with Gasteiger partial charge in [-0.1, -0.05) is 6.92 Å². The highest BCUT2D eigenvalue weighted by molar-refractivity contribution is 5.68. The summed E-state index contributed by atoms with van der Waals surface area (Å²) >= 11 is 0. The fourth-order valence-corrected chi connectivity index (χ4v) is 1.46. The minimum Gasteiger partial charge on any atom is -0.418 e. The molecule has 0 unspecified atom stereocenters. The molecule has 100 valence electrons. The molecular formula is C13H25NO3. The van der Waals surface area contributed by atoms with Gasteiger partial charge in [-0.15, -0.1) is 0 Å². The summed E-state index contributed by atoms with van der Waals surface area (Å²) in [6.45, 7) is 11.3. The Hall–Kier alpha value is -1.03. The van der Waals surface area contributed by atoms with Crippen molar-refractivity contribution in [1.82, 2.24) is 4.90 Å². The Morgan fingerprint density at radius 3 is 1.94 bits per heavy atom. The van der Waals surface area contributed by atoms with E-state index in [-0.39, 0.29) is 24.1 Å². The van der Waals surface area contributed by atoms with E-state index in [4.69, 9.17) is 4.74 Å². The quantitative estimate of drug-likeness (QED) is 0.755. The van der Waals surface area contributed by atoms with Crippen LogP contribution in [0.5, 0.6) is 0 Å². The summed E-state index contributed by atoms with van der Waals surface area (Å²) in [5.41, 5.74) is 0. The number of nitrogens with zero attached hydrogens (tertiary/aromatic N) is 1. The molecule has 0 spiro atoms. The van der Waals surface area contributed by atoms with Crippen molar-refractivity contribution in [3.8, 4) is 0 Å². The van der Waals surface area contributed by atoms with Crippen LogP contribution in [-0.2, 0) is 4.74 Å². The van der Waals surface area contributed by atoms with Crippen molar-refractivity contribution in [2.24, 2.45) is 5.92 Å². The third-order valence-corrected chi connectivity index (χ3v) is 2.64. The van der Waals surface area contributed by atoms with Crippen LogP contribution in [0.4, 0.5) is 4.79 Å². The minimum absolute atomic E-state index is 0.0330. The fourth-order valence-electron chi connectivity index (χ4n) is 1.46. The maximum Gasteiger partial charge on any atom is 0.415 e. The molecule has 1 N–H and O–H groups in total. The zero-order chi connectivity index (χ0) is 13.6. The van der Waals surface area contributed by atoms with Crippen LogP contribution in [0.25, 0.3) is 0 Å². The Morgan fingerprint density at radius 2 is 1.59 bits per heavy atom. The summed E-state index contributed by atoms with van der Waals surface area (Å²) in [5.74, 6) is -0.0330. The molecule has 0 aliphatic heterocycles. The predicted molar refractivity (Wildman–Crippen MR) is 68.6 cm³/mol. The third-order valence-electron chi connectivity index (χ3n) is 2.64. The Labute approximate surface area is 104 Å². The highest BCUT2D eigenvalue weighted by Gasteiger charge is 2.20. The van der Waals surface area contributed by atoms with Gasteiger partial charge in [0.25, 0.3) is 0 Å². The number of rotatable bonds is 5. The first kappa shape index (κ1) is 16.0. The summed E-state index contributed by atoms with van der Waals surface area (Å²) in [5, 5.41) is 9.27. The molecule has 2 atom stereocenters. The van der Waals surface area contributed by atoms with E-state index in [9.17, 15) is 9.90 Å². The summed E-state index contributed by atoms with van der Waals surface area (Å²) in [7, 11) is 0. The first-order valence-corrected chi connectivity index (χ1v) is 6.11. The lowest BCUT2D eigenvalue weighted by Crippen LogP contribution is -2.41. The molecule has 0 saturated carbocycles. The maximum absolute atomic E-state index is 11.8. The van der Waals surface area contributed by atoms with Crippen LogP contribution in [0, 0.1) is 5.92 Å². The number of amides is 1. The summed E-state index contributed by atoms with van der Waals surface area (Å²) in [6.07, 6.45) is 2.24. The van der Waals surface area contributed by atoms with Gasteiger partial charge in [0.1, 0.15) is 0 Å². The molecule has 0 aromatic heterocycles. The van der Waals surface area contributed by atoms with Crippen molar-refractivity contribution < 1.29 is 14.6 Å². The van der Waals surface area contributed by atoms with Crippen molar-refractivity contribution in [3.63, 3.8) is 0 Å². The second kappa shape index (κ2) is 7.33. The van der Waals surface area contributed by atoms with Gasteiger partial charge in [-0.2, -0.15) is 0 Å². The Kier molecular flexibility index (Phi) is 6.88. The molecule has 0 heterocycles. The first-order chi connectivity index (χ1) is 7.77. The van der Waals surface area contributed by atoms with Crippen molar-refractivity contribution in [1.29, 1.82) is 0 Å². The Balaban J connectivity index is 4.34. The van der Waals surface area contributed by atoms with Gasteiger partial charge in [0.2, 0.25) is 0 Å². The predicted octanol–water partition coefficient (Wildman–Crippen LogP) is 2.77.